The molecular formula is C18H21N3O4. The van der Waals surface area contributed by atoms with Gasteiger partial charge in [-0.25, -0.2) is 4.79 Å². The second-order valence-corrected chi connectivity index (χ2v) is 6.04. The lowest BCUT2D eigenvalue weighted by Crippen LogP contribution is -2.49. The number of amides is 2. The van der Waals surface area contributed by atoms with Gasteiger partial charge in [0.15, 0.2) is 17.2 Å². The Morgan fingerprint density at radius 3 is 2.16 bits per heavy atom. The second kappa shape index (κ2) is 7.31. The van der Waals surface area contributed by atoms with E-state index in [9.17, 15) is 20.1 Å². The van der Waals surface area contributed by atoms with Gasteiger partial charge in [-0.3, -0.25) is 4.90 Å². The minimum atomic E-state index is -0.604. The molecule has 2 aromatic carbocycles. The van der Waals surface area contributed by atoms with E-state index in [1.807, 2.05) is 18.2 Å². The van der Waals surface area contributed by atoms with Gasteiger partial charge < -0.3 is 25.5 Å². The van der Waals surface area contributed by atoms with Crippen LogP contribution < -0.4 is 5.32 Å². The SMILES string of the molecule is O=C(Nc1cc(O)c(O)c(O)c1)N1CCN(Cc2ccccc2)CC1. The number of hydrogen-bond acceptors (Lipinski definition) is 5. The fraction of sp³-hybridized carbons (Fsp3) is 0.278. The maximum atomic E-state index is 12.3. The maximum absolute atomic E-state index is 12.3. The molecule has 0 aliphatic carbocycles. The van der Waals surface area contributed by atoms with E-state index >= 15 is 0 Å². The summed E-state index contributed by atoms with van der Waals surface area (Å²) < 4.78 is 0. The molecule has 1 heterocycles. The van der Waals surface area contributed by atoms with E-state index in [2.05, 4.69) is 22.3 Å². The number of urea groups is 1. The number of phenolic OH excluding ortho intramolecular Hbond substituents is 3. The van der Waals surface area contributed by atoms with Gasteiger partial charge in [-0.15, -0.1) is 0 Å². The lowest BCUT2D eigenvalue weighted by Gasteiger charge is -2.34. The summed E-state index contributed by atoms with van der Waals surface area (Å²) in [6.45, 7) is 3.59. The maximum Gasteiger partial charge on any atom is 0.321 e. The molecule has 0 unspecified atom stereocenters. The Kier molecular flexibility index (Phi) is 4.95. The van der Waals surface area contributed by atoms with Crippen LogP contribution in [0.4, 0.5) is 10.5 Å². The number of nitrogens with zero attached hydrogens (tertiary/aromatic N) is 2. The summed E-state index contributed by atoms with van der Waals surface area (Å²) >= 11 is 0. The predicted molar refractivity (Wildman–Crippen MR) is 93.7 cm³/mol. The molecule has 0 atom stereocenters. The van der Waals surface area contributed by atoms with Crippen molar-refractivity contribution in [2.45, 2.75) is 6.54 Å². The third kappa shape index (κ3) is 4.13. The van der Waals surface area contributed by atoms with E-state index in [0.717, 1.165) is 19.6 Å². The van der Waals surface area contributed by atoms with Crippen molar-refractivity contribution >= 4 is 11.7 Å². The highest BCUT2D eigenvalue weighted by atomic mass is 16.3. The smallest absolute Gasteiger partial charge is 0.321 e. The lowest BCUT2D eigenvalue weighted by molar-refractivity contribution is 0.143. The van der Waals surface area contributed by atoms with Crippen molar-refractivity contribution in [2.24, 2.45) is 0 Å². The van der Waals surface area contributed by atoms with Crippen molar-refractivity contribution in [1.82, 2.24) is 9.80 Å². The van der Waals surface area contributed by atoms with E-state index in [4.69, 9.17) is 0 Å². The number of carbonyl (C=O) groups excluding carboxylic acids is 1. The number of benzene rings is 2. The van der Waals surface area contributed by atoms with Gasteiger partial charge in [0.25, 0.3) is 0 Å². The fourth-order valence-electron chi connectivity index (χ4n) is 2.83. The van der Waals surface area contributed by atoms with Crippen LogP contribution in [0.3, 0.4) is 0 Å². The Labute approximate surface area is 145 Å². The van der Waals surface area contributed by atoms with Gasteiger partial charge in [0.05, 0.1) is 5.69 Å². The number of anilines is 1. The molecule has 25 heavy (non-hydrogen) atoms. The zero-order valence-electron chi connectivity index (χ0n) is 13.7. The van der Waals surface area contributed by atoms with Crippen LogP contribution in [-0.4, -0.2) is 57.3 Å². The molecular weight excluding hydrogens is 322 g/mol. The van der Waals surface area contributed by atoms with Crippen LogP contribution in [0.25, 0.3) is 0 Å². The monoisotopic (exact) mass is 343 g/mol. The first kappa shape index (κ1) is 16.9. The number of hydrogen-bond donors (Lipinski definition) is 4. The van der Waals surface area contributed by atoms with E-state index < -0.39 is 17.2 Å². The van der Waals surface area contributed by atoms with Crippen molar-refractivity contribution in [3.63, 3.8) is 0 Å². The summed E-state index contributed by atoms with van der Waals surface area (Å²) in [7, 11) is 0. The topological polar surface area (TPSA) is 96.3 Å². The molecule has 7 nitrogen and oxygen atoms in total. The van der Waals surface area contributed by atoms with Gasteiger partial charge in [0.1, 0.15) is 0 Å². The van der Waals surface area contributed by atoms with Crippen LogP contribution >= 0.6 is 0 Å². The van der Waals surface area contributed by atoms with Crippen molar-refractivity contribution in [3.05, 3.63) is 48.0 Å². The molecule has 0 bridgehead atoms. The van der Waals surface area contributed by atoms with E-state index in [1.54, 1.807) is 4.90 Å². The number of carbonyl (C=O) groups is 1. The Hall–Kier alpha value is -2.93. The molecule has 132 valence electrons. The highest BCUT2D eigenvalue weighted by molar-refractivity contribution is 5.90. The summed E-state index contributed by atoms with van der Waals surface area (Å²) in [5.74, 6) is -1.57. The fourth-order valence-corrected chi connectivity index (χ4v) is 2.83. The Morgan fingerprint density at radius 1 is 0.960 bits per heavy atom. The summed E-state index contributed by atoms with van der Waals surface area (Å²) in [6.07, 6.45) is 0. The molecule has 0 saturated carbocycles. The third-order valence-electron chi connectivity index (χ3n) is 4.23. The Morgan fingerprint density at radius 2 is 1.56 bits per heavy atom. The van der Waals surface area contributed by atoms with Crippen molar-refractivity contribution < 1.29 is 20.1 Å². The van der Waals surface area contributed by atoms with Crippen LogP contribution in [0.15, 0.2) is 42.5 Å². The van der Waals surface area contributed by atoms with Crippen molar-refractivity contribution in [2.75, 3.05) is 31.5 Å². The van der Waals surface area contributed by atoms with E-state index in [-0.39, 0.29) is 11.7 Å². The molecule has 1 saturated heterocycles. The third-order valence-corrected chi connectivity index (χ3v) is 4.23. The standard InChI is InChI=1S/C18H21N3O4/c22-15-10-14(11-16(23)17(15)24)19-18(25)21-8-6-20(7-9-21)12-13-4-2-1-3-5-13/h1-5,10-11,22-24H,6-9,12H2,(H,19,25). The summed E-state index contributed by atoms with van der Waals surface area (Å²) in [5, 5.41) is 31.0. The molecule has 1 fully saturated rings. The number of nitrogens with one attached hydrogen (secondary N) is 1. The number of phenols is 3. The number of aromatic hydroxyl groups is 3. The predicted octanol–water partition coefficient (Wildman–Crippen LogP) is 2.15. The normalized spacial score (nSPS) is 15.1. The zero-order chi connectivity index (χ0) is 17.8. The average molecular weight is 343 g/mol. The number of piperazine rings is 1. The molecule has 0 radical (unpaired) electrons. The molecule has 2 amide bonds. The molecule has 1 aliphatic heterocycles. The minimum Gasteiger partial charge on any atom is -0.504 e. The van der Waals surface area contributed by atoms with Crippen LogP contribution in [-0.2, 0) is 6.54 Å². The van der Waals surface area contributed by atoms with Gasteiger partial charge in [-0.2, -0.15) is 0 Å². The molecule has 7 heteroatoms. The van der Waals surface area contributed by atoms with E-state index in [0.29, 0.717) is 13.1 Å². The lowest BCUT2D eigenvalue weighted by atomic mass is 10.2. The largest absolute Gasteiger partial charge is 0.504 e. The van der Waals surface area contributed by atoms with Gasteiger partial charge in [0, 0.05) is 44.9 Å². The molecule has 0 aromatic heterocycles. The minimum absolute atomic E-state index is 0.226. The van der Waals surface area contributed by atoms with Gasteiger partial charge in [-0.1, -0.05) is 30.3 Å². The van der Waals surface area contributed by atoms with Crippen LogP contribution in [0, 0.1) is 0 Å². The van der Waals surface area contributed by atoms with Crippen molar-refractivity contribution in [1.29, 1.82) is 0 Å². The molecule has 2 aromatic rings. The first-order valence-corrected chi connectivity index (χ1v) is 8.10. The molecule has 0 spiro atoms. The highest BCUT2D eigenvalue weighted by Crippen LogP contribution is 2.37. The molecule has 1 aliphatic rings. The summed E-state index contributed by atoms with van der Waals surface area (Å²) in [4.78, 5) is 16.3. The van der Waals surface area contributed by atoms with Crippen LogP contribution in [0.5, 0.6) is 17.2 Å². The molecule has 3 rings (SSSR count). The van der Waals surface area contributed by atoms with Gasteiger partial charge >= 0.3 is 6.03 Å². The summed E-state index contributed by atoms with van der Waals surface area (Å²) in [6, 6.07) is 12.3. The highest BCUT2D eigenvalue weighted by Gasteiger charge is 2.21. The van der Waals surface area contributed by atoms with Gasteiger partial charge in [-0.05, 0) is 5.56 Å². The first-order valence-electron chi connectivity index (χ1n) is 8.10. The number of rotatable bonds is 3. The second-order valence-electron chi connectivity index (χ2n) is 6.04. The van der Waals surface area contributed by atoms with Gasteiger partial charge in [0.2, 0.25) is 0 Å². The zero-order valence-corrected chi connectivity index (χ0v) is 13.7. The quantitative estimate of drug-likeness (QED) is 0.506. The van der Waals surface area contributed by atoms with Crippen LogP contribution in [0.1, 0.15) is 5.56 Å². The van der Waals surface area contributed by atoms with Crippen LogP contribution in [0.2, 0.25) is 0 Å². The Balaban J connectivity index is 1.53. The average Bonchev–Trinajstić information content (AvgIpc) is 2.61. The summed E-state index contributed by atoms with van der Waals surface area (Å²) in [5.41, 5.74) is 1.47. The molecule has 4 N–H and O–H groups in total. The Bertz CT molecular complexity index is 720. The first-order chi connectivity index (χ1) is 12.0. The van der Waals surface area contributed by atoms with E-state index in [1.165, 1.54) is 17.7 Å². The van der Waals surface area contributed by atoms with Crippen molar-refractivity contribution in [3.8, 4) is 17.2 Å².